The van der Waals surface area contributed by atoms with Crippen LogP contribution in [0, 0.1) is 5.92 Å². The van der Waals surface area contributed by atoms with E-state index in [9.17, 15) is 9.59 Å². The van der Waals surface area contributed by atoms with Crippen molar-refractivity contribution in [3.8, 4) is 11.1 Å². The van der Waals surface area contributed by atoms with Crippen molar-refractivity contribution >= 4 is 11.7 Å². The second kappa shape index (κ2) is 5.41. The Balaban J connectivity index is 1.97. The quantitative estimate of drug-likeness (QED) is 0.739. The minimum Gasteiger partial charge on any atom is -0.341 e. The number of hydrogen-bond donors (Lipinski definition) is 0. The van der Waals surface area contributed by atoms with E-state index in [2.05, 4.69) is 13.8 Å². The molecule has 0 unspecified atom stereocenters. The summed E-state index contributed by atoms with van der Waals surface area (Å²) in [6.45, 7) is 4.85. The highest BCUT2D eigenvalue weighted by molar-refractivity contribution is 6.22. The minimum absolute atomic E-state index is 0.00626. The molecule has 0 aliphatic heterocycles. The molecule has 0 N–H and O–H groups in total. The van der Waals surface area contributed by atoms with Crippen LogP contribution in [-0.4, -0.2) is 30.2 Å². The van der Waals surface area contributed by atoms with Crippen molar-refractivity contribution in [3.05, 3.63) is 59.2 Å². The summed E-state index contributed by atoms with van der Waals surface area (Å²) in [7, 11) is 1.80. The van der Waals surface area contributed by atoms with Crippen molar-refractivity contribution in [1.82, 2.24) is 4.90 Å². The van der Waals surface area contributed by atoms with E-state index < -0.39 is 0 Å². The Morgan fingerprint density at radius 2 is 1.64 bits per heavy atom. The molecule has 2 aromatic rings. The maximum atomic E-state index is 12.5. The topological polar surface area (TPSA) is 37.4 Å². The number of amides is 1. The first-order valence-electron chi connectivity index (χ1n) is 7.52. The van der Waals surface area contributed by atoms with E-state index in [-0.39, 0.29) is 11.7 Å². The Morgan fingerprint density at radius 3 is 2.32 bits per heavy atom. The number of nitrogens with zero attached hydrogens (tertiary/aromatic N) is 1. The lowest BCUT2D eigenvalue weighted by atomic mass is 10.0. The Hall–Kier alpha value is -2.42. The van der Waals surface area contributed by atoms with E-state index in [0.29, 0.717) is 23.6 Å². The van der Waals surface area contributed by atoms with Gasteiger partial charge in [0.25, 0.3) is 5.91 Å². The van der Waals surface area contributed by atoms with Gasteiger partial charge in [-0.15, -0.1) is 0 Å². The first-order chi connectivity index (χ1) is 10.5. The second-order valence-electron chi connectivity index (χ2n) is 6.21. The molecule has 0 aromatic heterocycles. The predicted octanol–water partition coefficient (Wildman–Crippen LogP) is 3.63. The van der Waals surface area contributed by atoms with Crippen LogP contribution in [0.5, 0.6) is 0 Å². The van der Waals surface area contributed by atoms with E-state index in [1.807, 2.05) is 36.4 Å². The monoisotopic (exact) mass is 293 g/mol. The zero-order valence-corrected chi connectivity index (χ0v) is 13.1. The Labute approximate surface area is 130 Å². The number of carbonyl (C=O) groups excluding carboxylic acids is 2. The summed E-state index contributed by atoms with van der Waals surface area (Å²) in [6, 6.07) is 13.0. The largest absolute Gasteiger partial charge is 0.341 e. The molecular formula is C19H19NO2. The highest BCUT2D eigenvalue weighted by Gasteiger charge is 2.27. The first kappa shape index (κ1) is 14.5. The summed E-state index contributed by atoms with van der Waals surface area (Å²) in [4.78, 5) is 26.7. The van der Waals surface area contributed by atoms with E-state index >= 15 is 0 Å². The van der Waals surface area contributed by atoms with Crippen molar-refractivity contribution in [1.29, 1.82) is 0 Å². The van der Waals surface area contributed by atoms with Crippen molar-refractivity contribution in [2.75, 3.05) is 13.6 Å². The zero-order valence-electron chi connectivity index (χ0n) is 13.1. The van der Waals surface area contributed by atoms with E-state index in [1.54, 1.807) is 18.0 Å². The van der Waals surface area contributed by atoms with Crippen LogP contribution >= 0.6 is 0 Å². The molecule has 0 saturated carbocycles. The molecule has 3 nitrogen and oxygen atoms in total. The molecular weight excluding hydrogens is 274 g/mol. The van der Waals surface area contributed by atoms with Gasteiger partial charge in [-0.05, 0) is 29.2 Å². The van der Waals surface area contributed by atoms with Crippen molar-refractivity contribution in [2.24, 2.45) is 5.92 Å². The van der Waals surface area contributed by atoms with Gasteiger partial charge >= 0.3 is 0 Å². The van der Waals surface area contributed by atoms with Gasteiger partial charge in [-0.25, -0.2) is 0 Å². The third kappa shape index (κ3) is 2.33. The standard InChI is InChI=1S/C19H19NO2/c1-12(2)11-20(3)19(22)13-8-9-15-14-6-4-5-7-16(14)18(21)17(15)10-13/h4-10,12H,11H2,1-3H3. The molecule has 0 saturated heterocycles. The van der Waals surface area contributed by atoms with Crippen LogP contribution in [0.1, 0.15) is 40.1 Å². The van der Waals surface area contributed by atoms with Gasteiger partial charge in [-0.2, -0.15) is 0 Å². The number of carbonyl (C=O) groups is 2. The third-order valence-corrected chi connectivity index (χ3v) is 3.96. The van der Waals surface area contributed by atoms with Crippen LogP contribution in [0.2, 0.25) is 0 Å². The van der Waals surface area contributed by atoms with Gasteiger partial charge < -0.3 is 4.90 Å². The lowest BCUT2D eigenvalue weighted by Gasteiger charge is -2.19. The molecule has 2 aromatic carbocycles. The van der Waals surface area contributed by atoms with Gasteiger partial charge in [0.15, 0.2) is 5.78 Å². The molecule has 1 amide bonds. The van der Waals surface area contributed by atoms with Crippen molar-refractivity contribution in [2.45, 2.75) is 13.8 Å². The number of hydrogen-bond acceptors (Lipinski definition) is 2. The summed E-state index contributed by atoms with van der Waals surface area (Å²) in [6.07, 6.45) is 0. The van der Waals surface area contributed by atoms with Crippen LogP contribution < -0.4 is 0 Å². The smallest absolute Gasteiger partial charge is 0.253 e. The number of rotatable bonds is 3. The van der Waals surface area contributed by atoms with Crippen LogP contribution in [-0.2, 0) is 0 Å². The van der Waals surface area contributed by atoms with Gasteiger partial charge in [-0.1, -0.05) is 44.2 Å². The van der Waals surface area contributed by atoms with Crippen LogP contribution in [0.15, 0.2) is 42.5 Å². The van der Waals surface area contributed by atoms with Crippen molar-refractivity contribution < 1.29 is 9.59 Å². The van der Waals surface area contributed by atoms with E-state index in [1.165, 1.54) is 0 Å². The maximum absolute atomic E-state index is 12.5. The fourth-order valence-corrected chi connectivity index (χ4v) is 3.01. The highest BCUT2D eigenvalue weighted by Crippen LogP contribution is 2.36. The van der Waals surface area contributed by atoms with E-state index in [4.69, 9.17) is 0 Å². The molecule has 0 spiro atoms. The summed E-state index contributed by atoms with van der Waals surface area (Å²) in [5, 5.41) is 0. The molecule has 0 atom stereocenters. The van der Waals surface area contributed by atoms with Gasteiger partial charge in [0.2, 0.25) is 0 Å². The number of ketones is 1. The third-order valence-electron chi connectivity index (χ3n) is 3.96. The Morgan fingerprint density at radius 1 is 1.00 bits per heavy atom. The maximum Gasteiger partial charge on any atom is 0.253 e. The lowest BCUT2D eigenvalue weighted by molar-refractivity contribution is 0.0779. The Kier molecular flexibility index (Phi) is 3.57. The van der Waals surface area contributed by atoms with Gasteiger partial charge in [0.05, 0.1) is 0 Å². The van der Waals surface area contributed by atoms with Crippen LogP contribution in [0.3, 0.4) is 0 Å². The van der Waals surface area contributed by atoms with Crippen LogP contribution in [0.4, 0.5) is 0 Å². The van der Waals surface area contributed by atoms with Gasteiger partial charge in [0, 0.05) is 30.3 Å². The number of benzene rings is 2. The molecule has 0 heterocycles. The summed E-state index contributed by atoms with van der Waals surface area (Å²) >= 11 is 0. The van der Waals surface area contributed by atoms with Gasteiger partial charge in [0.1, 0.15) is 0 Å². The highest BCUT2D eigenvalue weighted by atomic mass is 16.2. The fraction of sp³-hybridized carbons (Fsp3) is 0.263. The average molecular weight is 293 g/mol. The fourth-order valence-electron chi connectivity index (χ4n) is 3.01. The lowest BCUT2D eigenvalue weighted by Crippen LogP contribution is -2.30. The second-order valence-corrected chi connectivity index (χ2v) is 6.21. The molecule has 0 radical (unpaired) electrons. The SMILES string of the molecule is CC(C)CN(C)C(=O)c1ccc2c(c1)C(=O)c1ccccc1-2. The molecule has 3 rings (SSSR count). The first-order valence-corrected chi connectivity index (χ1v) is 7.52. The molecule has 22 heavy (non-hydrogen) atoms. The summed E-state index contributed by atoms with van der Waals surface area (Å²) in [5.74, 6) is 0.376. The van der Waals surface area contributed by atoms with Crippen molar-refractivity contribution in [3.63, 3.8) is 0 Å². The molecule has 112 valence electrons. The predicted molar refractivity (Wildman–Crippen MR) is 87.1 cm³/mol. The molecule has 0 bridgehead atoms. The molecule has 1 aliphatic rings. The molecule has 1 aliphatic carbocycles. The summed E-state index contributed by atoms with van der Waals surface area (Å²) < 4.78 is 0. The summed E-state index contributed by atoms with van der Waals surface area (Å²) in [5.41, 5.74) is 3.80. The number of fused-ring (bicyclic) bond motifs is 3. The van der Waals surface area contributed by atoms with Gasteiger partial charge in [-0.3, -0.25) is 9.59 Å². The minimum atomic E-state index is -0.0414. The average Bonchev–Trinajstić information content (AvgIpc) is 2.79. The normalized spacial score (nSPS) is 12.3. The van der Waals surface area contributed by atoms with Crippen LogP contribution in [0.25, 0.3) is 11.1 Å². The molecule has 3 heteroatoms. The molecule has 0 fully saturated rings. The zero-order chi connectivity index (χ0) is 15.9. The Bertz CT molecular complexity index is 762. The van der Waals surface area contributed by atoms with E-state index in [0.717, 1.165) is 16.7 Å².